The number of benzene rings is 1. The van der Waals surface area contributed by atoms with Gasteiger partial charge in [-0.2, -0.15) is 0 Å². The van der Waals surface area contributed by atoms with E-state index >= 15 is 0 Å². The van der Waals surface area contributed by atoms with Crippen LogP contribution in [0.2, 0.25) is 0 Å². The predicted molar refractivity (Wildman–Crippen MR) is 92.1 cm³/mol. The summed E-state index contributed by atoms with van der Waals surface area (Å²) in [5.41, 5.74) is 0.737. The van der Waals surface area contributed by atoms with Crippen molar-refractivity contribution in [3.63, 3.8) is 0 Å². The monoisotopic (exact) mass is 331 g/mol. The first-order valence-corrected chi connectivity index (χ1v) is 8.57. The van der Waals surface area contributed by atoms with E-state index in [1.54, 1.807) is 14.0 Å². The van der Waals surface area contributed by atoms with Crippen LogP contribution in [-0.2, 0) is 4.79 Å². The van der Waals surface area contributed by atoms with E-state index in [9.17, 15) is 9.59 Å². The molecular weight excluding hydrogens is 306 g/mol. The van der Waals surface area contributed by atoms with E-state index in [2.05, 4.69) is 10.6 Å². The number of methoxy groups -OCH3 is 1. The van der Waals surface area contributed by atoms with Gasteiger partial charge in [-0.15, -0.1) is 0 Å². The van der Waals surface area contributed by atoms with E-state index in [4.69, 9.17) is 4.74 Å². The number of urea groups is 1. The summed E-state index contributed by atoms with van der Waals surface area (Å²) in [6.07, 6.45) is 4.81. The maximum atomic E-state index is 12.8. The Bertz CT molecular complexity index is 605. The summed E-state index contributed by atoms with van der Waals surface area (Å²) in [5, 5.41) is 6.01. The number of anilines is 1. The number of fused-ring (bicyclic) bond motifs is 2. The van der Waals surface area contributed by atoms with E-state index in [0.717, 1.165) is 43.5 Å². The first-order valence-electron chi connectivity index (χ1n) is 8.57. The van der Waals surface area contributed by atoms with Crippen LogP contribution < -0.4 is 15.4 Å². The Morgan fingerprint density at radius 2 is 1.92 bits per heavy atom. The highest BCUT2D eigenvalue weighted by Crippen LogP contribution is 2.34. The molecule has 24 heavy (non-hydrogen) atoms. The number of carbonyl (C=O) groups excluding carboxylic acids is 2. The number of ether oxygens (including phenoxy) is 1. The van der Waals surface area contributed by atoms with E-state index in [0.29, 0.717) is 0 Å². The van der Waals surface area contributed by atoms with Gasteiger partial charge in [-0.25, -0.2) is 4.79 Å². The Hall–Kier alpha value is -2.24. The third-order valence-electron chi connectivity index (χ3n) is 4.94. The smallest absolute Gasteiger partial charge is 0.322 e. The van der Waals surface area contributed by atoms with Crippen molar-refractivity contribution in [3.8, 4) is 5.75 Å². The maximum absolute atomic E-state index is 12.8. The zero-order valence-corrected chi connectivity index (χ0v) is 14.2. The van der Waals surface area contributed by atoms with Gasteiger partial charge in [-0.3, -0.25) is 4.79 Å². The molecular formula is C18H25N3O3. The lowest BCUT2D eigenvalue weighted by Gasteiger charge is -2.48. The molecule has 0 unspecified atom stereocenters. The zero-order chi connectivity index (χ0) is 17.1. The Balaban J connectivity index is 1.69. The minimum atomic E-state index is -0.0563. The quantitative estimate of drug-likeness (QED) is 0.895. The summed E-state index contributed by atoms with van der Waals surface area (Å²) in [6, 6.07) is 7.90. The molecule has 2 fully saturated rings. The Kier molecular flexibility index (Phi) is 4.92. The number of hydrogen-bond donors (Lipinski definition) is 2. The number of piperidine rings is 2. The van der Waals surface area contributed by atoms with Crippen LogP contribution in [0.1, 0.15) is 39.0 Å². The molecule has 0 aromatic heterocycles. The van der Waals surface area contributed by atoms with Gasteiger partial charge in [0.2, 0.25) is 5.91 Å². The summed E-state index contributed by atoms with van der Waals surface area (Å²) in [6.45, 7) is 1.55. The first kappa shape index (κ1) is 16.6. The SMILES string of the molecule is COc1cccc(NC(=O)N2[C@H]3CCC[C@H]2CC(NC(C)=O)C3)c1. The Morgan fingerprint density at radius 3 is 2.54 bits per heavy atom. The molecule has 3 rings (SSSR count). The third kappa shape index (κ3) is 3.63. The van der Waals surface area contributed by atoms with Crippen molar-refractivity contribution in [1.29, 1.82) is 0 Å². The molecule has 2 atom stereocenters. The number of nitrogens with zero attached hydrogens (tertiary/aromatic N) is 1. The fourth-order valence-electron chi connectivity index (χ4n) is 4.01. The molecule has 0 saturated carbocycles. The standard InChI is InChI=1S/C18H25N3O3/c1-12(22)19-14-9-15-6-4-7-16(10-14)21(15)18(23)20-13-5-3-8-17(11-13)24-2/h3,5,8,11,14-16H,4,6-7,9-10H2,1-2H3,(H,19,22)(H,20,23)/t15-,16-/m0/s1. The lowest BCUT2D eigenvalue weighted by atomic mass is 9.82. The van der Waals surface area contributed by atoms with Crippen molar-refractivity contribution < 1.29 is 14.3 Å². The summed E-state index contributed by atoms with van der Waals surface area (Å²) in [4.78, 5) is 26.1. The number of rotatable bonds is 3. The largest absolute Gasteiger partial charge is 0.497 e. The Labute approximate surface area is 142 Å². The van der Waals surface area contributed by atoms with Crippen molar-refractivity contribution >= 4 is 17.6 Å². The third-order valence-corrected chi connectivity index (χ3v) is 4.94. The molecule has 2 saturated heterocycles. The normalized spacial score (nSPS) is 25.8. The molecule has 0 spiro atoms. The molecule has 6 nitrogen and oxygen atoms in total. The van der Waals surface area contributed by atoms with Crippen molar-refractivity contribution in [3.05, 3.63) is 24.3 Å². The molecule has 2 N–H and O–H groups in total. The second kappa shape index (κ2) is 7.11. The van der Waals surface area contributed by atoms with Gasteiger partial charge in [0.1, 0.15) is 5.75 Å². The van der Waals surface area contributed by atoms with E-state index in [1.807, 2.05) is 29.2 Å². The fraction of sp³-hybridized carbons (Fsp3) is 0.556. The van der Waals surface area contributed by atoms with Crippen LogP contribution in [0, 0.1) is 0 Å². The van der Waals surface area contributed by atoms with Crippen molar-refractivity contribution in [2.45, 2.75) is 57.2 Å². The molecule has 2 aliphatic heterocycles. The fourth-order valence-corrected chi connectivity index (χ4v) is 4.01. The molecule has 2 heterocycles. The number of amides is 3. The van der Waals surface area contributed by atoms with Crippen LogP contribution in [0.5, 0.6) is 5.75 Å². The van der Waals surface area contributed by atoms with Crippen molar-refractivity contribution in [2.75, 3.05) is 12.4 Å². The van der Waals surface area contributed by atoms with E-state index in [1.165, 1.54) is 0 Å². The van der Waals surface area contributed by atoms with Crippen molar-refractivity contribution in [1.82, 2.24) is 10.2 Å². The molecule has 6 heteroatoms. The van der Waals surface area contributed by atoms with Gasteiger partial charge in [-0.1, -0.05) is 6.07 Å². The summed E-state index contributed by atoms with van der Waals surface area (Å²) < 4.78 is 5.20. The van der Waals surface area contributed by atoms with Gasteiger partial charge in [0.05, 0.1) is 7.11 Å². The molecule has 2 bridgehead atoms. The summed E-state index contributed by atoms with van der Waals surface area (Å²) in [7, 11) is 1.61. The lowest BCUT2D eigenvalue weighted by molar-refractivity contribution is -0.120. The van der Waals surface area contributed by atoms with Gasteiger partial charge in [-0.05, 0) is 44.2 Å². The maximum Gasteiger partial charge on any atom is 0.322 e. The average molecular weight is 331 g/mol. The second-order valence-electron chi connectivity index (χ2n) is 6.68. The second-order valence-corrected chi connectivity index (χ2v) is 6.68. The number of nitrogens with one attached hydrogen (secondary N) is 2. The van der Waals surface area contributed by atoms with Gasteiger partial charge >= 0.3 is 6.03 Å². The van der Waals surface area contributed by atoms with Crippen LogP contribution in [-0.4, -0.2) is 42.1 Å². The number of hydrogen-bond acceptors (Lipinski definition) is 3. The molecule has 1 aromatic rings. The van der Waals surface area contributed by atoms with Crippen LogP contribution in [0.3, 0.4) is 0 Å². The highest BCUT2D eigenvalue weighted by molar-refractivity contribution is 5.90. The van der Waals surface area contributed by atoms with Crippen LogP contribution >= 0.6 is 0 Å². The topological polar surface area (TPSA) is 70.7 Å². The first-order chi connectivity index (χ1) is 11.6. The molecule has 0 aliphatic carbocycles. The molecule has 2 aliphatic rings. The van der Waals surface area contributed by atoms with E-state index < -0.39 is 0 Å². The van der Waals surface area contributed by atoms with Gasteiger partial charge in [0.25, 0.3) is 0 Å². The molecule has 1 aromatic carbocycles. The van der Waals surface area contributed by atoms with Gasteiger partial charge in [0, 0.05) is 36.8 Å². The summed E-state index contributed by atoms with van der Waals surface area (Å²) in [5.74, 6) is 0.727. The van der Waals surface area contributed by atoms with Gasteiger partial charge < -0.3 is 20.3 Å². The van der Waals surface area contributed by atoms with Crippen LogP contribution in [0.25, 0.3) is 0 Å². The Morgan fingerprint density at radius 1 is 1.21 bits per heavy atom. The van der Waals surface area contributed by atoms with Crippen LogP contribution in [0.4, 0.5) is 10.5 Å². The minimum absolute atomic E-state index is 0.00681. The summed E-state index contributed by atoms with van der Waals surface area (Å²) >= 11 is 0. The molecule has 130 valence electrons. The molecule has 0 radical (unpaired) electrons. The zero-order valence-electron chi connectivity index (χ0n) is 14.2. The predicted octanol–water partition coefficient (Wildman–Crippen LogP) is 2.75. The minimum Gasteiger partial charge on any atom is -0.497 e. The van der Waals surface area contributed by atoms with E-state index in [-0.39, 0.29) is 30.1 Å². The molecule has 3 amide bonds. The highest BCUT2D eigenvalue weighted by atomic mass is 16.5. The lowest BCUT2D eigenvalue weighted by Crippen LogP contribution is -2.59. The van der Waals surface area contributed by atoms with Crippen molar-refractivity contribution in [2.24, 2.45) is 0 Å². The number of carbonyl (C=O) groups is 2. The van der Waals surface area contributed by atoms with Gasteiger partial charge in [0.15, 0.2) is 0 Å². The van der Waals surface area contributed by atoms with Crippen LogP contribution in [0.15, 0.2) is 24.3 Å². The highest BCUT2D eigenvalue weighted by Gasteiger charge is 2.41. The average Bonchev–Trinajstić information content (AvgIpc) is 2.53.